The Hall–Kier alpha value is -1.15. The van der Waals surface area contributed by atoms with Gasteiger partial charge in [-0.25, -0.2) is 0 Å². The Balaban J connectivity index is 2.11. The molecule has 1 saturated heterocycles. The fourth-order valence-corrected chi connectivity index (χ4v) is 13.8. The van der Waals surface area contributed by atoms with E-state index >= 15 is 0 Å². The quantitative estimate of drug-likeness (QED) is 0.0215. The molecule has 0 spiro atoms. The van der Waals surface area contributed by atoms with E-state index in [9.17, 15) is 40.5 Å². The fraction of sp³-hybridized carbons (Fsp3) is 0.963. The molecule has 0 aromatic heterocycles. The third kappa shape index (κ3) is 55.8. The van der Waals surface area contributed by atoms with Gasteiger partial charge in [0.05, 0.1) is 25.4 Å². The van der Waals surface area contributed by atoms with Crippen molar-refractivity contribution in [1.82, 2.24) is 5.32 Å². The number of aliphatic hydroxyl groups excluding tert-OH is 7. The summed E-state index contributed by atoms with van der Waals surface area (Å²) >= 11 is 0. The molecule has 0 bridgehead atoms. The van der Waals surface area contributed by atoms with Crippen LogP contribution in [0.2, 0.25) is 0 Å². The molecular formula is C81H159NO10. The average molecular weight is 1310 g/mol. The minimum absolute atomic E-state index is 0.260. The molecule has 9 atom stereocenters. The number of nitrogens with one attached hydrogen (secondary N) is 1. The van der Waals surface area contributed by atoms with Crippen LogP contribution in [0.3, 0.4) is 0 Å². The summed E-state index contributed by atoms with van der Waals surface area (Å²) in [6.45, 7) is 3.53. The maximum Gasteiger partial charge on any atom is 0.249 e. The number of hydrogen-bond donors (Lipinski definition) is 8. The summed E-state index contributed by atoms with van der Waals surface area (Å²) in [4.78, 5) is 13.3. The van der Waals surface area contributed by atoms with Crippen molar-refractivity contribution in [3.63, 3.8) is 0 Å². The molecule has 9 unspecified atom stereocenters. The molecule has 92 heavy (non-hydrogen) atoms. The van der Waals surface area contributed by atoms with Gasteiger partial charge in [0.1, 0.15) is 36.6 Å². The number of allylic oxidation sites excluding steroid dienone is 2. The summed E-state index contributed by atoms with van der Waals surface area (Å²) in [5.41, 5.74) is 0. The lowest BCUT2D eigenvalue weighted by Crippen LogP contribution is -2.60. The van der Waals surface area contributed by atoms with Gasteiger partial charge in [0, 0.05) is 0 Å². The normalized spacial score (nSPS) is 18.3. The molecule has 0 aromatic rings. The van der Waals surface area contributed by atoms with Gasteiger partial charge in [-0.3, -0.25) is 4.79 Å². The van der Waals surface area contributed by atoms with Gasteiger partial charge in [0.25, 0.3) is 0 Å². The maximum atomic E-state index is 13.3. The predicted molar refractivity (Wildman–Crippen MR) is 390 cm³/mol. The molecule has 1 heterocycles. The van der Waals surface area contributed by atoms with Crippen LogP contribution in [0.15, 0.2) is 12.2 Å². The van der Waals surface area contributed by atoms with Gasteiger partial charge in [-0.15, -0.1) is 0 Å². The number of rotatable bonds is 74. The third-order valence-electron chi connectivity index (χ3n) is 20.3. The van der Waals surface area contributed by atoms with Gasteiger partial charge < -0.3 is 50.5 Å². The molecule has 1 aliphatic rings. The zero-order valence-corrected chi connectivity index (χ0v) is 61.1. The van der Waals surface area contributed by atoms with Crippen molar-refractivity contribution in [2.75, 3.05) is 13.2 Å². The van der Waals surface area contributed by atoms with Gasteiger partial charge >= 0.3 is 0 Å². The lowest BCUT2D eigenvalue weighted by molar-refractivity contribution is -0.303. The second-order valence-electron chi connectivity index (χ2n) is 29.2. The van der Waals surface area contributed by atoms with Crippen LogP contribution in [0.1, 0.15) is 431 Å². The van der Waals surface area contributed by atoms with E-state index in [1.54, 1.807) is 0 Å². The van der Waals surface area contributed by atoms with E-state index in [-0.39, 0.29) is 12.8 Å². The van der Waals surface area contributed by atoms with Crippen LogP contribution in [0.5, 0.6) is 0 Å². The van der Waals surface area contributed by atoms with Crippen molar-refractivity contribution in [1.29, 1.82) is 0 Å². The first-order chi connectivity index (χ1) is 45.2. The zero-order valence-electron chi connectivity index (χ0n) is 61.1. The highest BCUT2D eigenvalue weighted by molar-refractivity contribution is 5.80. The average Bonchev–Trinajstić information content (AvgIpc) is 0.941. The van der Waals surface area contributed by atoms with Crippen LogP contribution >= 0.6 is 0 Å². The molecule has 0 radical (unpaired) electrons. The number of amides is 1. The highest BCUT2D eigenvalue weighted by Gasteiger charge is 2.44. The second kappa shape index (κ2) is 69.7. The first-order valence-corrected chi connectivity index (χ1v) is 41.1. The van der Waals surface area contributed by atoms with Crippen LogP contribution in [0.25, 0.3) is 0 Å². The van der Waals surface area contributed by atoms with E-state index in [2.05, 4.69) is 31.3 Å². The molecular weight excluding hydrogens is 1150 g/mol. The summed E-state index contributed by atoms with van der Waals surface area (Å²) in [7, 11) is 0. The molecule has 0 saturated carbocycles. The zero-order chi connectivity index (χ0) is 66.7. The summed E-state index contributed by atoms with van der Waals surface area (Å²) in [6, 6.07) is -1.18. The van der Waals surface area contributed by atoms with E-state index in [0.29, 0.717) is 12.8 Å². The van der Waals surface area contributed by atoms with Crippen molar-refractivity contribution in [3.05, 3.63) is 12.2 Å². The summed E-state index contributed by atoms with van der Waals surface area (Å²) in [5.74, 6) is -0.696. The number of ether oxygens (including phenoxy) is 2. The largest absolute Gasteiger partial charge is 0.394 e. The maximum absolute atomic E-state index is 13.3. The summed E-state index contributed by atoms with van der Waals surface area (Å²) < 4.78 is 11.2. The molecule has 1 fully saturated rings. The number of hydrogen-bond acceptors (Lipinski definition) is 10. The van der Waals surface area contributed by atoms with E-state index in [4.69, 9.17) is 9.47 Å². The third-order valence-corrected chi connectivity index (χ3v) is 20.3. The summed E-state index contributed by atoms with van der Waals surface area (Å²) in [5, 5.41) is 76.7. The van der Waals surface area contributed by atoms with Crippen LogP contribution in [-0.4, -0.2) is 110 Å². The molecule has 8 N–H and O–H groups in total. The van der Waals surface area contributed by atoms with Crippen LogP contribution < -0.4 is 5.32 Å². The number of aliphatic hydroxyl groups is 7. The Bertz CT molecular complexity index is 1500. The monoisotopic (exact) mass is 1310 g/mol. The molecule has 11 nitrogen and oxygen atoms in total. The Kier molecular flexibility index (Phi) is 67.4. The first kappa shape index (κ1) is 88.9. The topological polar surface area (TPSA) is 189 Å². The van der Waals surface area contributed by atoms with Crippen molar-refractivity contribution >= 4 is 5.91 Å². The minimum atomic E-state index is -1.67. The fourth-order valence-electron chi connectivity index (χ4n) is 13.8. The van der Waals surface area contributed by atoms with Gasteiger partial charge in [-0.1, -0.05) is 405 Å². The molecule has 1 amide bonds. The molecule has 1 aliphatic heterocycles. The number of carbonyl (C=O) groups excluding carboxylic acids is 1. The van der Waals surface area contributed by atoms with E-state index in [0.717, 1.165) is 32.1 Å². The highest BCUT2D eigenvalue weighted by Crippen LogP contribution is 2.25. The Morgan fingerprint density at radius 3 is 0.935 bits per heavy atom. The molecule has 0 aliphatic carbocycles. The van der Waals surface area contributed by atoms with E-state index < -0.39 is 74.2 Å². The van der Waals surface area contributed by atoms with Gasteiger partial charge in [0.15, 0.2) is 6.29 Å². The molecule has 548 valence electrons. The molecule has 11 heteroatoms. The van der Waals surface area contributed by atoms with Crippen LogP contribution in [0.4, 0.5) is 0 Å². The highest BCUT2D eigenvalue weighted by atomic mass is 16.7. The SMILES string of the molecule is CCCCCCCCCCCCCCCCCCCCCCCCCC/C=C/CCCC(O)C(O)C(COC1OC(CO)C(O)C(O)C1O)NC(=O)C(O)CCCCCCCCCCCCCCCCCCCCCCCCCCCCCCCCCCCCCC. The lowest BCUT2D eigenvalue weighted by Gasteiger charge is -2.40. The van der Waals surface area contributed by atoms with E-state index in [1.165, 1.54) is 360 Å². The van der Waals surface area contributed by atoms with Crippen molar-refractivity contribution in [3.8, 4) is 0 Å². The Labute approximate surface area is 570 Å². The lowest BCUT2D eigenvalue weighted by atomic mass is 9.98. The van der Waals surface area contributed by atoms with Crippen LogP contribution in [-0.2, 0) is 14.3 Å². The molecule has 1 rings (SSSR count). The Morgan fingerprint density at radius 1 is 0.370 bits per heavy atom. The predicted octanol–water partition coefficient (Wildman–Crippen LogP) is 21.3. The number of unbranched alkanes of at least 4 members (excludes halogenated alkanes) is 60. The van der Waals surface area contributed by atoms with E-state index in [1.807, 2.05) is 0 Å². The van der Waals surface area contributed by atoms with Gasteiger partial charge in [-0.05, 0) is 38.5 Å². The smallest absolute Gasteiger partial charge is 0.249 e. The van der Waals surface area contributed by atoms with Crippen molar-refractivity contribution < 1.29 is 50.0 Å². The van der Waals surface area contributed by atoms with Crippen molar-refractivity contribution in [2.45, 2.75) is 486 Å². The second-order valence-corrected chi connectivity index (χ2v) is 29.2. The number of carbonyl (C=O) groups is 1. The Morgan fingerprint density at radius 2 is 0.641 bits per heavy atom. The summed E-state index contributed by atoms with van der Waals surface area (Å²) in [6.07, 6.45) is 77.8. The molecule has 0 aromatic carbocycles. The van der Waals surface area contributed by atoms with Crippen molar-refractivity contribution in [2.24, 2.45) is 0 Å². The van der Waals surface area contributed by atoms with Gasteiger partial charge in [-0.2, -0.15) is 0 Å². The first-order valence-electron chi connectivity index (χ1n) is 41.1. The van der Waals surface area contributed by atoms with Gasteiger partial charge in [0.2, 0.25) is 5.91 Å². The van der Waals surface area contributed by atoms with Crippen LogP contribution in [0, 0.1) is 0 Å². The minimum Gasteiger partial charge on any atom is -0.394 e. The standard InChI is InChI=1S/C81H159NO10/c1-3-5-7-9-11-13-15-17-19-21-23-25-27-29-31-33-34-35-36-37-38-39-41-43-45-47-49-51-53-55-57-59-61-63-65-67-69-74(85)80(90)82-72(71-91-81-79(89)78(88)77(87)75(70-83)92-81)76(86)73(84)68-66-64-62-60-58-56-54-52-50-48-46-44-42-40-32-30-28-26-24-22-20-18-16-14-12-10-8-6-4-2/h60,62,72-79,81,83-89H,3-59,61,63-71H2,1-2H3,(H,82,90)/b62-60+.